The second kappa shape index (κ2) is 5.54. The minimum Gasteiger partial charge on any atom is -0.330 e. The summed E-state index contributed by atoms with van der Waals surface area (Å²) < 4.78 is 26.0. The first kappa shape index (κ1) is 16.5. The van der Waals surface area contributed by atoms with Crippen molar-refractivity contribution in [2.24, 2.45) is 7.05 Å². The van der Waals surface area contributed by atoms with Crippen molar-refractivity contribution in [1.29, 1.82) is 0 Å². The Labute approximate surface area is 147 Å². The van der Waals surface area contributed by atoms with E-state index in [2.05, 4.69) is 10.00 Å². The molecule has 0 N–H and O–H groups in total. The smallest absolute Gasteiger partial charge is 0.275 e. The molecule has 0 saturated carbocycles. The SMILES string of the molecule is Cc1ccc2c(c1)c(C(=O)N1CCN(C)[C@@H]3CS(=O)(=O)C[C@@H]31)nn2C. The van der Waals surface area contributed by atoms with E-state index in [0.29, 0.717) is 18.8 Å². The highest BCUT2D eigenvalue weighted by atomic mass is 32.2. The van der Waals surface area contributed by atoms with Crippen LogP contribution >= 0.6 is 0 Å². The van der Waals surface area contributed by atoms with Crippen molar-refractivity contribution in [3.8, 4) is 0 Å². The van der Waals surface area contributed by atoms with Gasteiger partial charge in [-0.3, -0.25) is 14.4 Å². The number of piperazine rings is 1. The van der Waals surface area contributed by atoms with E-state index in [1.807, 2.05) is 39.2 Å². The van der Waals surface area contributed by atoms with Crippen molar-refractivity contribution in [3.63, 3.8) is 0 Å². The van der Waals surface area contributed by atoms with Crippen LogP contribution in [0.15, 0.2) is 18.2 Å². The zero-order valence-corrected chi connectivity index (χ0v) is 15.5. The molecule has 1 aromatic carbocycles. The fraction of sp³-hybridized carbons (Fsp3) is 0.529. The molecule has 0 bridgehead atoms. The first-order valence-electron chi connectivity index (χ1n) is 8.42. The predicted molar refractivity (Wildman–Crippen MR) is 95.3 cm³/mol. The van der Waals surface area contributed by atoms with Gasteiger partial charge in [0.1, 0.15) is 0 Å². The molecule has 2 aliphatic heterocycles. The standard InChI is InChI=1S/C17H22N4O3S/c1-11-4-5-13-12(8-11)16(18-20(13)3)17(22)21-7-6-19(2)14-9-25(23,24)10-15(14)21/h4-5,8,14-15H,6-7,9-10H2,1-3H3/t14-,15+/m1/s1. The van der Waals surface area contributed by atoms with Gasteiger partial charge in [-0.15, -0.1) is 0 Å². The molecule has 2 aliphatic rings. The molecule has 3 heterocycles. The number of rotatable bonds is 1. The van der Waals surface area contributed by atoms with Gasteiger partial charge in [0.25, 0.3) is 5.91 Å². The van der Waals surface area contributed by atoms with Gasteiger partial charge in [-0.1, -0.05) is 11.6 Å². The van der Waals surface area contributed by atoms with Crippen LogP contribution in [-0.2, 0) is 16.9 Å². The summed E-state index contributed by atoms with van der Waals surface area (Å²) in [5, 5.41) is 5.26. The second-order valence-electron chi connectivity index (χ2n) is 7.18. The molecular weight excluding hydrogens is 340 g/mol. The molecule has 7 nitrogen and oxygen atoms in total. The van der Waals surface area contributed by atoms with Gasteiger partial charge in [-0.05, 0) is 26.1 Å². The van der Waals surface area contributed by atoms with E-state index in [1.165, 1.54) is 0 Å². The number of nitrogens with zero attached hydrogens (tertiary/aromatic N) is 4. The Morgan fingerprint density at radius 2 is 1.88 bits per heavy atom. The molecule has 134 valence electrons. The van der Waals surface area contributed by atoms with E-state index in [-0.39, 0.29) is 29.5 Å². The molecule has 2 atom stereocenters. The van der Waals surface area contributed by atoms with Crippen LogP contribution < -0.4 is 0 Å². The van der Waals surface area contributed by atoms with Gasteiger partial charge in [0.15, 0.2) is 15.5 Å². The van der Waals surface area contributed by atoms with E-state index < -0.39 is 9.84 Å². The van der Waals surface area contributed by atoms with E-state index >= 15 is 0 Å². The minimum atomic E-state index is -3.12. The zero-order chi connectivity index (χ0) is 17.9. The van der Waals surface area contributed by atoms with Crippen LogP contribution in [0.2, 0.25) is 0 Å². The predicted octanol–water partition coefficient (Wildman–Crippen LogP) is 0.435. The Bertz CT molecular complexity index is 966. The number of aryl methyl sites for hydroxylation is 2. The lowest BCUT2D eigenvalue weighted by Gasteiger charge is -2.41. The molecule has 2 saturated heterocycles. The third-order valence-electron chi connectivity index (χ3n) is 5.42. The molecule has 8 heteroatoms. The largest absolute Gasteiger partial charge is 0.330 e. The summed E-state index contributed by atoms with van der Waals surface area (Å²) in [6.07, 6.45) is 0. The monoisotopic (exact) mass is 362 g/mol. The number of hydrogen-bond donors (Lipinski definition) is 0. The van der Waals surface area contributed by atoms with Crippen LogP contribution in [0.4, 0.5) is 0 Å². The quantitative estimate of drug-likeness (QED) is 0.736. The normalized spacial score (nSPS) is 26.1. The molecule has 0 aliphatic carbocycles. The summed E-state index contributed by atoms with van der Waals surface area (Å²) in [5.41, 5.74) is 2.38. The van der Waals surface area contributed by atoms with Crippen molar-refractivity contribution >= 4 is 26.6 Å². The van der Waals surface area contributed by atoms with Crippen LogP contribution in [-0.4, -0.2) is 77.6 Å². The summed E-state index contributed by atoms with van der Waals surface area (Å²) in [6, 6.07) is 5.50. The number of likely N-dealkylation sites (N-methyl/N-ethyl adjacent to an activating group) is 1. The lowest BCUT2D eigenvalue weighted by molar-refractivity contribution is 0.0406. The van der Waals surface area contributed by atoms with Gasteiger partial charge in [0, 0.05) is 31.6 Å². The molecule has 0 radical (unpaired) electrons. The highest BCUT2D eigenvalue weighted by Crippen LogP contribution is 2.29. The Kier molecular flexibility index (Phi) is 3.66. The number of sulfone groups is 1. The van der Waals surface area contributed by atoms with E-state index in [1.54, 1.807) is 9.58 Å². The molecule has 1 aromatic heterocycles. The topological polar surface area (TPSA) is 75.5 Å². The van der Waals surface area contributed by atoms with Gasteiger partial charge < -0.3 is 4.90 Å². The van der Waals surface area contributed by atoms with Crippen LogP contribution in [0.1, 0.15) is 16.1 Å². The van der Waals surface area contributed by atoms with E-state index in [4.69, 9.17) is 0 Å². The average Bonchev–Trinajstić information content (AvgIpc) is 3.04. The number of carbonyl (C=O) groups excluding carboxylic acids is 1. The summed E-state index contributed by atoms with van der Waals surface area (Å²) in [5.74, 6) is -0.00575. The fourth-order valence-corrected chi connectivity index (χ4v) is 6.11. The van der Waals surface area contributed by atoms with Crippen molar-refractivity contribution in [3.05, 3.63) is 29.5 Å². The Hall–Kier alpha value is -1.93. The van der Waals surface area contributed by atoms with Crippen LogP contribution in [0, 0.1) is 6.92 Å². The Balaban J connectivity index is 1.75. The number of benzene rings is 1. The Morgan fingerprint density at radius 3 is 2.64 bits per heavy atom. The van der Waals surface area contributed by atoms with Crippen LogP contribution in [0.3, 0.4) is 0 Å². The van der Waals surface area contributed by atoms with Crippen molar-refractivity contribution in [2.45, 2.75) is 19.0 Å². The van der Waals surface area contributed by atoms with E-state index in [0.717, 1.165) is 16.5 Å². The molecule has 4 rings (SSSR count). The van der Waals surface area contributed by atoms with Gasteiger partial charge in [-0.25, -0.2) is 8.42 Å². The number of carbonyl (C=O) groups is 1. The summed E-state index contributed by atoms with van der Waals surface area (Å²) >= 11 is 0. The molecule has 0 spiro atoms. The first-order chi connectivity index (χ1) is 11.8. The van der Waals surface area contributed by atoms with Gasteiger partial charge >= 0.3 is 0 Å². The maximum absolute atomic E-state index is 13.2. The third kappa shape index (κ3) is 2.64. The van der Waals surface area contributed by atoms with Crippen molar-refractivity contribution < 1.29 is 13.2 Å². The molecule has 2 fully saturated rings. The van der Waals surface area contributed by atoms with Gasteiger partial charge in [-0.2, -0.15) is 5.10 Å². The summed E-state index contributed by atoms with van der Waals surface area (Å²) in [7, 11) is 0.636. The maximum atomic E-state index is 13.2. The number of hydrogen-bond acceptors (Lipinski definition) is 5. The Morgan fingerprint density at radius 1 is 1.16 bits per heavy atom. The van der Waals surface area contributed by atoms with E-state index in [9.17, 15) is 13.2 Å². The number of aromatic nitrogens is 2. The zero-order valence-electron chi connectivity index (χ0n) is 14.6. The molecule has 0 unspecified atom stereocenters. The van der Waals surface area contributed by atoms with Gasteiger partial charge in [0.2, 0.25) is 0 Å². The van der Waals surface area contributed by atoms with Crippen LogP contribution in [0.5, 0.6) is 0 Å². The molecular formula is C17H22N4O3S. The first-order valence-corrected chi connectivity index (χ1v) is 10.2. The van der Waals surface area contributed by atoms with Crippen LogP contribution in [0.25, 0.3) is 10.9 Å². The maximum Gasteiger partial charge on any atom is 0.275 e. The number of fused-ring (bicyclic) bond motifs is 2. The minimum absolute atomic E-state index is 0.0392. The van der Waals surface area contributed by atoms with Gasteiger partial charge in [0.05, 0.1) is 23.1 Å². The average molecular weight is 362 g/mol. The number of amides is 1. The summed E-state index contributed by atoms with van der Waals surface area (Å²) in [6.45, 7) is 3.18. The second-order valence-corrected chi connectivity index (χ2v) is 9.34. The molecule has 1 amide bonds. The molecule has 25 heavy (non-hydrogen) atoms. The van der Waals surface area contributed by atoms with Crippen molar-refractivity contribution in [1.82, 2.24) is 19.6 Å². The lowest BCUT2D eigenvalue weighted by atomic mass is 10.0. The highest BCUT2D eigenvalue weighted by molar-refractivity contribution is 7.91. The summed E-state index contributed by atoms with van der Waals surface area (Å²) in [4.78, 5) is 17.0. The van der Waals surface area contributed by atoms with Crippen molar-refractivity contribution in [2.75, 3.05) is 31.6 Å². The lowest BCUT2D eigenvalue weighted by Crippen LogP contribution is -2.59. The molecule has 2 aromatic rings. The fourth-order valence-electron chi connectivity index (χ4n) is 4.05. The highest BCUT2D eigenvalue weighted by Gasteiger charge is 2.47. The third-order valence-corrected chi connectivity index (χ3v) is 7.12.